The molecule has 2 amide bonds. The van der Waals surface area contributed by atoms with Gasteiger partial charge in [-0.1, -0.05) is 48.9 Å². The van der Waals surface area contributed by atoms with Gasteiger partial charge in [-0.2, -0.15) is 0 Å². The highest BCUT2D eigenvalue weighted by molar-refractivity contribution is 8.00. The third kappa shape index (κ3) is 4.26. The highest BCUT2D eigenvalue weighted by atomic mass is 32.2. The number of hydrogen-bond acceptors (Lipinski definition) is 3. The van der Waals surface area contributed by atoms with Crippen LogP contribution in [0.3, 0.4) is 0 Å². The minimum atomic E-state index is -0.134. The molecule has 1 fully saturated rings. The Morgan fingerprint density at radius 3 is 2.30 bits per heavy atom. The van der Waals surface area contributed by atoms with Crippen molar-refractivity contribution in [1.29, 1.82) is 0 Å². The van der Waals surface area contributed by atoms with Crippen LogP contribution in [0.4, 0.5) is 11.4 Å². The lowest BCUT2D eigenvalue weighted by Gasteiger charge is -2.24. The molecule has 152 valence electrons. The average Bonchev–Trinajstić information content (AvgIpc) is 3.16. The number of thioether (sulfide) groups is 1. The molecule has 1 heterocycles. The lowest BCUT2D eigenvalue weighted by molar-refractivity contribution is -0.115. The summed E-state index contributed by atoms with van der Waals surface area (Å²) in [6.45, 7) is 4.11. The van der Waals surface area contributed by atoms with E-state index in [0.29, 0.717) is 11.3 Å². The Morgan fingerprint density at radius 1 is 1.00 bits per heavy atom. The van der Waals surface area contributed by atoms with Gasteiger partial charge in [0.15, 0.2) is 0 Å². The molecule has 0 aliphatic carbocycles. The van der Waals surface area contributed by atoms with Crippen LogP contribution < -0.4 is 10.2 Å². The summed E-state index contributed by atoms with van der Waals surface area (Å²) in [6, 6.07) is 23.4. The standard InChI is InChI=1S/C25H24N2O2S/c1-3-18-6-14-22(15-7-18)27-23(28)16-30-25(27)20-10-12-21(13-11-20)26-24(29)19-8-4-17(2)5-9-19/h4-15,25H,3,16H2,1-2H3,(H,26,29)/t25-/m0/s1. The molecule has 1 N–H and O–H groups in total. The van der Waals surface area contributed by atoms with Crippen molar-refractivity contribution in [3.63, 3.8) is 0 Å². The number of nitrogens with zero attached hydrogens (tertiary/aromatic N) is 1. The highest BCUT2D eigenvalue weighted by Crippen LogP contribution is 2.42. The van der Waals surface area contributed by atoms with E-state index in [1.165, 1.54) is 5.56 Å². The minimum Gasteiger partial charge on any atom is -0.322 e. The highest BCUT2D eigenvalue weighted by Gasteiger charge is 2.33. The van der Waals surface area contributed by atoms with Crippen molar-refractivity contribution in [2.75, 3.05) is 16.0 Å². The number of benzene rings is 3. The lowest BCUT2D eigenvalue weighted by atomic mass is 10.1. The number of rotatable bonds is 5. The molecular weight excluding hydrogens is 392 g/mol. The van der Waals surface area contributed by atoms with Crippen molar-refractivity contribution in [1.82, 2.24) is 0 Å². The van der Waals surface area contributed by atoms with E-state index >= 15 is 0 Å². The quantitative estimate of drug-likeness (QED) is 0.590. The summed E-state index contributed by atoms with van der Waals surface area (Å²) in [6.07, 6.45) is 0.974. The van der Waals surface area contributed by atoms with Crippen LogP contribution in [-0.2, 0) is 11.2 Å². The van der Waals surface area contributed by atoms with Gasteiger partial charge in [-0.3, -0.25) is 14.5 Å². The molecule has 1 aliphatic rings. The van der Waals surface area contributed by atoms with Gasteiger partial charge in [0.2, 0.25) is 5.91 Å². The van der Waals surface area contributed by atoms with E-state index < -0.39 is 0 Å². The zero-order valence-electron chi connectivity index (χ0n) is 17.1. The van der Waals surface area contributed by atoms with E-state index in [0.717, 1.165) is 28.9 Å². The van der Waals surface area contributed by atoms with E-state index in [4.69, 9.17) is 0 Å². The van der Waals surface area contributed by atoms with E-state index in [-0.39, 0.29) is 17.2 Å². The van der Waals surface area contributed by atoms with Crippen molar-refractivity contribution in [2.24, 2.45) is 0 Å². The number of carbonyl (C=O) groups is 2. The van der Waals surface area contributed by atoms with Gasteiger partial charge in [0.1, 0.15) is 5.37 Å². The van der Waals surface area contributed by atoms with Gasteiger partial charge in [-0.25, -0.2) is 0 Å². The fraction of sp³-hybridized carbons (Fsp3) is 0.200. The number of anilines is 2. The molecule has 0 bridgehead atoms. The Bertz CT molecular complexity index is 1040. The van der Waals surface area contributed by atoms with Gasteiger partial charge >= 0.3 is 0 Å². The van der Waals surface area contributed by atoms with Gasteiger partial charge < -0.3 is 5.32 Å². The monoisotopic (exact) mass is 416 g/mol. The first kappa shape index (κ1) is 20.2. The topological polar surface area (TPSA) is 49.4 Å². The molecule has 1 saturated heterocycles. The van der Waals surface area contributed by atoms with Gasteiger partial charge in [-0.05, 0) is 60.9 Å². The fourth-order valence-corrected chi connectivity index (χ4v) is 4.66. The second kappa shape index (κ2) is 8.76. The Labute approximate surface area is 181 Å². The zero-order valence-corrected chi connectivity index (χ0v) is 17.9. The molecule has 0 radical (unpaired) electrons. The van der Waals surface area contributed by atoms with Gasteiger partial charge in [0.25, 0.3) is 5.91 Å². The summed E-state index contributed by atoms with van der Waals surface area (Å²) in [5, 5.41) is 2.87. The van der Waals surface area contributed by atoms with E-state index in [1.807, 2.05) is 72.5 Å². The molecule has 4 rings (SSSR count). The normalized spacial score (nSPS) is 16.0. The molecule has 30 heavy (non-hydrogen) atoms. The Kier molecular flexibility index (Phi) is 5.91. The second-order valence-corrected chi connectivity index (χ2v) is 8.46. The molecular formula is C25H24N2O2S. The van der Waals surface area contributed by atoms with Gasteiger partial charge in [0, 0.05) is 16.9 Å². The maximum absolute atomic E-state index is 12.6. The third-order valence-corrected chi connectivity index (χ3v) is 6.47. The molecule has 3 aromatic rings. The zero-order chi connectivity index (χ0) is 21.1. The largest absolute Gasteiger partial charge is 0.322 e. The predicted octanol–water partition coefficient (Wildman–Crippen LogP) is 5.59. The summed E-state index contributed by atoms with van der Waals surface area (Å²) in [4.78, 5) is 26.9. The summed E-state index contributed by atoms with van der Waals surface area (Å²) >= 11 is 1.62. The summed E-state index contributed by atoms with van der Waals surface area (Å²) < 4.78 is 0. The van der Waals surface area contributed by atoms with E-state index in [2.05, 4.69) is 24.4 Å². The molecule has 0 aromatic heterocycles. The predicted molar refractivity (Wildman–Crippen MR) is 124 cm³/mol. The molecule has 0 unspecified atom stereocenters. The van der Waals surface area contributed by atoms with Crippen LogP contribution in [0.15, 0.2) is 72.8 Å². The van der Waals surface area contributed by atoms with Crippen LogP contribution >= 0.6 is 11.8 Å². The van der Waals surface area contributed by atoms with Crippen LogP contribution in [-0.4, -0.2) is 17.6 Å². The van der Waals surface area contributed by atoms with E-state index in [1.54, 1.807) is 11.8 Å². The smallest absolute Gasteiger partial charge is 0.255 e. The number of nitrogens with one attached hydrogen (secondary N) is 1. The second-order valence-electron chi connectivity index (χ2n) is 7.39. The van der Waals surface area contributed by atoms with Crippen molar-refractivity contribution in [3.8, 4) is 0 Å². The molecule has 3 aromatic carbocycles. The molecule has 0 saturated carbocycles. The summed E-state index contributed by atoms with van der Waals surface area (Å²) in [5.74, 6) is 0.448. The fourth-order valence-electron chi connectivity index (χ4n) is 3.48. The van der Waals surface area contributed by atoms with Crippen molar-refractivity contribution >= 4 is 35.0 Å². The first-order chi connectivity index (χ1) is 14.5. The number of hydrogen-bond donors (Lipinski definition) is 1. The summed E-state index contributed by atoms with van der Waals surface area (Å²) in [5.41, 5.74) is 5.69. The summed E-state index contributed by atoms with van der Waals surface area (Å²) in [7, 11) is 0. The molecule has 5 heteroatoms. The van der Waals surface area contributed by atoms with Crippen molar-refractivity contribution in [2.45, 2.75) is 25.6 Å². The number of carbonyl (C=O) groups excluding carboxylic acids is 2. The minimum absolute atomic E-state index is 0.0631. The first-order valence-electron chi connectivity index (χ1n) is 10.1. The maximum atomic E-state index is 12.6. The van der Waals surface area contributed by atoms with Crippen LogP contribution in [0, 0.1) is 6.92 Å². The number of amides is 2. The Morgan fingerprint density at radius 2 is 1.67 bits per heavy atom. The molecule has 0 spiro atoms. The maximum Gasteiger partial charge on any atom is 0.255 e. The Balaban J connectivity index is 1.50. The Hall–Kier alpha value is -3.05. The van der Waals surface area contributed by atoms with Crippen molar-refractivity contribution < 1.29 is 9.59 Å². The van der Waals surface area contributed by atoms with Crippen LogP contribution in [0.1, 0.15) is 39.3 Å². The van der Waals surface area contributed by atoms with Gasteiger partial charge in [0.05, 0.1) is 5.75 Å². The first-order valence-corrected chi connectivity index (χ1v) is 11.1. The van der Waals surface area contributed by atoms with Gasteiger partial charge in [-0.15, -0.1) is 11.8 Å². The molecule has 4 nitrogen and oxygen atoms in total. The lowest BCUT2D eigenvalue weighted by Crippen LogP contribution is -2.27. The van der Waals surface area contributed by atoms with E-state index in [9.17, 15) is 9.59 Å². The van der Waals surface area contributed by atoms with Crippen LogP contribution in [0.25, 0.3) is 0 Å². The van der Waals surface area contributed by atoms with Crippen LogP contribution in [0.2, 0.25) is 0 Å². The van der Waals surface area contributed by atoms with Crippen LogP contribution in [0.5, 0.6) is 0 Å². The van der Waals surface area contributed by atoms with Crippen molar-refractivity contribution in [3.05, 3.63) is 95.1 Å². The third-order valence-electron chi connectivity index (χ3n) is 5.26. The molecule has 1 atom stereocenters. The molecule has 1 aliphatic heterocycles. The SMILES string of the molecule is CCc1ccc(N2C(=O)CS[C@H]2c2ccc(NC(=O)c3ccc(C)cc3)cc2)cc1. The number of aryl methyl sites for hydroxylation is 2. The average molecular weight is 417 g/mol.